The number of nitrogens with zero attached hydrogens (tertiary/aromatic N) is 1. The Morgan fingerprint density at radius 3 is 2.67 bits per heavy atom. The van der Waals surface area contributed by atoms with Crippen molar-refractivity contribution < 1.29 is 19.1 Å². The molecule has 1 aliphatic heterocycles. The van der Waals surface area contributed by atoms with Crippen molar-refractivity contribution in [2.75, 3.05) is 30.0 Å². The second-order valence-electron chi connectivity index (χ2n) is 7.05. The van der Waals surface area contributed by atoms with E-state index in [-0.39, 0.29) is 25.0 Å². The van der Waals surface area contributed by atoms with Gasteiger partial charge in [-0.1, -0.05) is 18.2 Å². The van der Waals surface area contributed by atoms with Crippen LogP contribution in [0.2, 0.25) is 0 Å². The summed E-state index contributed by atoms with van der Waals surface area (Å²) in [6.07, 6.45) is 0. The molecule has 0 aliphatic carbocycles. The second-order valence-corrected chi connectivity index (χ2v) is 7.05. The van der Waals surface area contributed by atoms with Crippen molar-refractivity contribution in [2.45, 2.75) is 20.8 Å². The molecule has 2 aromatic rings. The summed E-state index contributed by atoms with van der Waals surface area (Å²) in [7, 11) is 0. The number of rotatable bonds is 5. The molecule has 2 amide bonds. The Bertz CT molecular complexity index is 833. The molecule has 3 rings (SSSR count). The third kappa shape index (κ3) is 4.22. The molecule has 0 fully saturated rings. The summed E-state index contributed by atoms with van der Waals surface area (Å²) in [5.74, 6) is 0.975. The first kappa shape index (κ1) is 18.8. The van der Waals surface area contributed by atoms with Gasteiger partial charge in [-0.05, 0) is 45.0 Å². The lowest BCUT2D eigenvalue weighted by Gasteiger charge is -2.26. The normalized spacial score (nSPS) is 15.4. The van der Waals surface area contributed by atoms with Crippen molar-refractivity contribution in [3.05, 3.63) is 48.5 Å². The van der Waals surface area contributed by atoms with Gasteiger partial charge in [-0.25, -0.2) is 0 Å². The molecule has 27 heavy (non-hydrogen) atoms. The molecule has 142 valence electrons. The smallest absolute Gasteiger partial charge is 0.262 e. The summed E-state index contributed by atoms with van der Waals surface area (Å²) >= 11 is 0. The van der Waals surface area contributed by atoms with Gasteiger partial charge in [0.25, 0.3) is 5.91 Å². The van der Waals surface area contributed by atoms with Gasteiger partial charge in [-0.3, -0.25) is 9.59 Å². The van der Waals surface area contributed by atoms with Gasteiger partial charge in [-0.15, -0.1) is 0 Å². The average molecular weight is 368 g/mol. The van der Waals surface area contributed by atoms with E-state index in [0.29, 0.717) is 29.4 Å². The fourth-order valence-electron chi connectivity index (χ4n) is 2.90. The van der Waals surface area contributed by atoms with E-state index in [1.54, 1.807) is 35.2 Å². The van der Waals surface area contributed by atoms with Crippen LogP contribution in [0, 0.1) is 5.41 Å². The number of ether oxygens (including phenoxy) is 2. The van der Waals surface area contributed by atoms with E-state index < -0.39 is 5.41 Å². The van der Waals surface area contributed by atoms with Crippen LogP contribution in [0.3, 0.4) is 0 Å². The zero-order chi connectivity index (χ0) is 19.4. The molecule has 1 heterocycles. The number of nitrogens with one attached hydrogen (secondary N) is 1. The predicted octanol–water partition coefficient (Wildman–Crippen LogP) is 3.48. The maximum atomic E-state index is 12.7. The number of anilines is 2. The summed E-state index contributed by atoms with van der Waals surface area (Å²) in [6, 6.07) is 14.5. The number of hydrogen-bond acceptors (Lipinski definition) is 4. The first-order valence-corrected chi connectivity index (χ1v) is 8.97. The van der Waals surface area contributed by atoms with Gasteiger partial charge in [0.15, 0.2) is 6.61 Å². The van der Waals surface area contributed by atoms with Gasteiger partial charge < -0.3 is 19.7 Å². The van der Waals surface area contributed by atoms with E-state index in [4.69, 9.17) is 9.47 Å². The topological polar surface area (TPSA) is 67.9 Å². The van der Waals surface area contributed by atoms with Crippen LogP contribution in [0.1, 0.15) is 20.8 Å². The fraction of sp³-hybridized carbons (Fsp3) is 0.333. The Labute approximate surface area is 159 Å². The van der Waals surface area contributed by atoms with Crippen molar-refractivity contribution in [2.24, 2.45) is 5.41 Å². The summed E-state index contributed by atoms with van der Waals surface area (Å²) < 4.78 is 11.3. The molecule has 6 heteroatoms. The molecule has 0 saturated heterocycles. The van der Waals surface area contributed by atoms with E-state index in [2.05, 4.69) is 5.32 Å². The number of hydrogen-bond donors (Lipinski definition) is 1. The summed E-state index contributed by atoms with van der Waals surface area (Å²) in [4.78, 5) is 26.6. The van der Waals surface area contributed by atoms with Crippen LogP contribution in [0.5, 0.6) is 11.5 Å². The first-order chi connectivity index (χ1) is 12.9. The van der Waals surface area contributed by atoms with Gasteiger partial charge in [0.1, 0.15) is 18.1 Å². The Balaban J connectivity index is 1.71. The molecule has 0 atom stereocenters. The number of carbonyl (C=O) groups excluding carboxylic acids is 2. The van der Waals surface area contributed by atoms with E-state index in [1.165, 1.54) is 0 Å². The van der Waals surface area contributed by atoms with Crippen molar-refractivity contribution in [1.82, 2.24) is 0 Å². The van der Waals surface area contributed by atoms with E-state index in [9.17, 15) is 9.59 Å². The highest BCUT2D eigenvalue weighted by molar-refractivity contribution is 6.00. The van der Waals surface area contributed by atoms with E-state index >= 15 is 0 Å². The monoisotopic (exact) mass is 368 g/mol. The lowest BCUT2D eigenvalue weighted by Crippen LogP contribution is -2.42. The second kappa shape index (κ2) is 7.70. The summed E-state index contributed by atoms with van der Waals surface area (Å²) in [5, 5.41) is 2.80. The highest BCUT2D eigenvalue weighted by Gasteiger charge is 2.37. The van der Waals surface area contributed by atoms with Gasteiger partial charge in [-0.2, -0.15) is 0 Å². The summed E-state index contributed by atoms with van der Waals surface area (Å²) in [6.45, 7) is 6.41. The lowest BCUT2D eigenvalue weighted by molar-refractivity contribution is -0.127. The minimum absolute atomic E-state index is 0.0248. The minimum Gasteiger partial charge on any atom is -0.490 e. The maximum Gasteiger partial charge on any atom is 0.262 e. The molecule has 0 saturated carbocycles. The zero-order valence-corrected chi connectivity index (χ0v) is 15.8. The van der Waals surface area contributed by atoms with Gasteiger partial charge >= 0.3 is 0 Å². The highest BCUT2D eigenvalue weighted by atomic mass is 16.5. The Hall–Kier alpha value is -3.02. The Morgan fingerprint density at radius 2 is 1.96 bits per heavy atom. The predicted molar refractivity (Wildman–Crippen MR) is 104 cm³/mol. The van der Waals surface area contributed by atoms with Crippen LogP contribution >= 0.6 is 0 Å². The highest BCUT2D eigenvalue weighted by Crippen LogP contribution is 2.38. The van der Waals surface area contributed by atoms with Gasteiger partial charge in [0.05, 0.1) is 11.1 Å². The molecule has 0 unspecified atom stereocenters. The number of amides is 2. The molecule has 6 nitrogen and oxygen atoms in total. The molecule has 0 bridgehead atoms. The molecular weight excluding hydrogens is 344 g/mol. The third-order valence-corrected chi connectivity index (χ3v) is 4.38. The largest absolute Gasteiger partial charge is 0.490 e. The summed E-state index contributed by atoms with van der Waals surface area (Å²) in [5.41, 5.74) is 0.701. The molecule has 0 spiro atoms. The molecule has 1 aliphatic rings. The lowest BCUT2D eigenvalue weighted by atomic mass is 9.93. The van der Waals surface area contributed by atoms with Crippen LogP contribution < -0.4 is 19.7 Å². The van der Waals surface area contributed by atoms with Crippen LogP contribution in [0.15, 0.2) is 48.5 Å². The fourth-order valence-corrected chi connectivity index (χ4v) is 2.90. The van der Waals surface area contributed by atoms with Crippen molar-refractivity contribution in [3.63, 3.8) is 0 Å². The van der Waals surface area contributed by atoms with Crippen LogP contribution in [-0.4, -0.2) is 31.6 Å². The van der Waals surface area contributed by atoms with Crippen LogP contribution in [0.25, 0.3) is 0 Å². The maximum absolute atomic E-state index is 12.7. The first-order valence-electron chi connectivity index (χ1n) is 8.97. The molecule has 0 aromatic heterocycles. The van der Waals surface area contributed by atoms with Crippen LogP contribution in [-0.2, 0) is 9.59 Å². The van der Waals surface area contributed by atoms with Crippen LogP contribution in [0.4, 0.5) is 11.4 Å². The molecule has 0 radical (unpaired) electrons. The van der Waals surface area contributed by atoms with Gasteiger partial charge in [0, 0.05) is 18.3 Å². The Kier molecular flexibility index (Phi) is 5.35. The Morgan fingerprint density at radius 1 is 1.22 bits per heavy atom. The number of benzene rings is 2. The van der Waals surface area contributed by atoms with Crippen molar-refractivity contribution >= 4 is 23.2 Å². The standard InChI is InChI=1S/C21H24N2O4/c1-4-23-17-11-10-15(12-18(17)27-14-21(2,3)20(23)25)22-19(24)13-26-16-8-6-5-7-9-16/h5-12H,4,13-14H2,1-3H3,(H,22,24). The minimum atomic E-state index is -0.609. The number of carbonyl (C=O) groups is 2. The van der Waals surface area contributed by atoms with Crippen molar-refractivity contribution in [3.8, 4) is 11.5 Å². The molecule has 2 aromatic carbocycles. The third-order valence-electron chi connectivity index (χ3n) is 4.38. The van der Waals surface area contributed by atoms with Gasteiger partial charge in [0.2, 0.25) is 5.91 Å². The quantitative estimate of drug-likeness (QED) is 0.877. The van der Waals surface area contributed by atoms with Crippen molar-refractivity contribution in [1.29, 1.82) is 0 Å². The number of para-hydroxylation sites is 1. The average Bonchev–Trinajstić information content (AvgIpc) is 2.76. The SMILES string of the molecule is CCN1C(=O)C(C)(C)COc2cc(NC(=O)COc3ccccc3)ccc21. The number of fused-ring (bicyclic) bond motifs is 1. The molecular formula is C21H24N2O4. The van der Waals surface area contributed by atoms with E-state index in [0.717, 1.165) is 0 Å². The van der Waals surface area contributed by atoms with E-state index in [1.807, 2.05) is 39.0 Å². The molecule has 1 N–H and O–H groups in total. The zero-order valence-electron chi connectivity index (χ0n) is 15.8.